The van der Waals surface area contributed by atoms with Gasteiger partial charge in [0.15, 0.2) is 0 Å². The molecule has 10 rings (SSSR count). The summed E-state index contributed by atoms with van der Waals surface area (Å²) < 4.78 is 0. The second-order valence-electron chi connectivity index (χ2n) is 14.4. The van der Waals surface area contributed by atoms with E-state index in [2.05, 4.69) is 151 Å². The summed E-state index contributed by atoms with van der Waals surface area (Å²) in [6.45, 7) is 4.76. The van der Waals surface area contributed by atoms with Crippen LogP contribution < -0.4 is 0 Å². The van der Waals surface area contributed by atoms with Gasteiger partial charge in [0, 0.05) is 17.8 Å². The summed E-state index contributed by atoms with van der Waals surface area (Å²) in [7, 11) is 0. The second kappa shape index (κ2) is 11.5. The van der Waals surface area contributed by atoms with Gasteiger partial charge in [0.1, 0.15) is 0 Å². The largest absolute Gasteiger partial charge is 0.255 e. The minimum atomic E-state index is -0.411. The van der Waals surface area contributed by atoms with Crippen molar-refractivity contribution in [1.82, 2.24) is 15.0 Å². The van der Waals surface area contributed by atoms with Crippen LogP contribution in [0.4, 0.5) is 0 Å². The molecule has 8 aromatic rings. The minimum absolute atomic E-state index is 0.163. The number of benzene rings is 5. The van der Waals surface area contributed by atoms with Crippen molar-refractivity contribution >= 4 is 0 Å². The first-order valence-corrected chi connectivity index (χ1v) is 17.9. The highest BCUT2D eigenvalue weighted by atomic mass is 14.8. The molecule has 2 aliphatic carbocycles. The SMILES string of the molecule is CC1(C)c2ccccc2C2(c3ccccc3-c3ccccc32)c2cc(-c3ccc(-c4cc(-c5ccccn5)nc(-c5ccccn5)c4)cc3)ccc21. The molecule has 0 fully saturated rings. The summed E-state index contributed by atoms with van der Waals surface area (Å²) >= 11 is 0. The fourth-order valence-electron chi connectivity index (χ4n) is 8.88. The Kier molecular flexibility index (Phi) is 6.74. The van der Waals surface area contributed by atoms with Gasteiger partial charge in [-0.15, -0.1) is 0 Å². The van der Waals surface area contributed by atoms with Crippen LogP contribution >= 0.6 is 0 Å². The molecule has 0 saturated carbocycles. The predicted molar refractivity (Wildman–Crippen MR) is 211 cm³/mol. The van der Waals surface area contributed by atoms with Crippen molar-refractivity contribution in [3.8, 4) is 56.2 Å². The smallest absolute Gasteiger partial charge is 0.0900 e. The number of fused-ring (bicyclic) bond motifs is 9. The van der Waals surface area contributed by atoms with E-state index >= 15 is 0 Å². The number of pyridine rings is 3. The Hall–Kier alpha value is -6.45. The molecule has 0 unspecified atom stereocenters. The summed E-state index contributed by atoms with van der Waals surface area (Å²) in [5, 5.41) is 0. The zero-order valence-corrected chi connectivity index (χ0v) is 29.1. The molecule has 3 heterocycles. The molecule has 5 aromatic carbocycles. The highest BCUT2D eigenvalue weighted by Crippen LogP contribution is 2.62. The van der Waals surface area contributed by atoms with Crippen molar-refractivity contribution in [3.05, 3.63) is 210 Å². The monoisotopic (exact) mass is 665 g/mol. The highest BCUT2D eigenvalue weighted by Gasteiger charge is 2.53. The third-order valence-corrected chi connectivity index (χ3v) is 11.3. The first kappa shape index (κ1) is 30.4. The number of rotatable bonds is 4. The maximum atomic E-state index is 4.98. The van der Waals surface area contributed by atoms with Crippen molar-refractivity contribution in [2.24, 2.45) is 0 Å². The Morgan fingerprint density at radius 3 is 1.37 bits per heavy atom. The molecule has 3 aromatic heterocycles. The summed E-state index contributed by atoms with van der Waals surface area (Å²) in [6, 6.07) is 59.4. The van der Waals surface area contributed by atoms with Gasteiger partial charge >= 0.3 is 0 Å². The normalized spacial score (nSPS) is 14.3. The topological polar surface area (TPSA) is 38.7 Å². The maximum absolute atomic E-state index is 4.98. The van der Waals surface area contributed by atoms with E-state index in [0.29, 0.717) is 0 Å². The van der Waals surface area contributed by atoms with Gasteiger partial charge in [-0.2, -0.15) is 0 Å². The van der Waals surface area contributed by atoms with E-state index in [1.54, 1.807) is 0 Å². The van der Waals surface area contributed by atoms with E-state index in [9.17, 15) is 0 Å². The van der Waals surface area contributed by atoms with Crippen molar-refractivity contribution < 1.29 is 0 Å². The Balaban J connectivity index is 1.13. The summed E-state index contributed by atoms with van der Waals surface area (Å²) in [5.74, 6) is 0. The molecule has 0 amide bonds. The molecule has 52 heavy (non-hydrogen) atoms. The first-order valence-electron chi connectivity index (χ1n) is 17.9. The average Bonchev–Trinajstić information content (AvgIpc) is 3.51. The number of nitrogens with zero attached hydrogens (tertiary/aromatic N) is 3. The van der Waals surface area contributed by atoms with Crippen LogP contribution in [0.2, 0.25) is 0 Å². The lowest BCUT2D eigenvalue weighted by atomic mass is 9.55. The van der Waals surface area contributed by atoms with Gasteiger partial charge in [-0.05, 0) is 109 Å². The summed E-state index contributed by atoms with van der Waals surface area (Å²) in [6.07, 6.45) is 3.62. The van der Waals surface area contributed by atoms with E-state index < -0.39 is 5.41 Å². The predicted octanol–water partition coefficient (Wildman–Crippen LogP) is 11.5. The number of aromatic nitrogens is 3. The van der Waals surface area contributed by atoms with E-state index in [-0.39, 0.29) is 5.41 Å². The van der Waals surface area contributed by atoms with Gasteiger partial charge in [-0.1, -0.05) is 135 Å². The van der Waals surface area contributed by atoms with E-state index in [1.165, 1.54) is 55.6 Å². The van der Waals surface area contributed by atoms with Gasteiger partial charge in [0.05, 0.1) is 28.2 Å². The van der Waals surface area contributed by atoms with Gasteiger partial charge in [0.25, 0.3) is 0 Å². The standard InChI is InChI=1S/C49H35N3/c1-48(2)40-17-7-8-18-42(40)49(38-15-5-3-13-36(38)37-14-4-6-16-39(37)49)43-29-34(25-26-41(43)48)32-21-23-33(24-22-32)35-30-46(44-19-9-11-27-50-44)52-47(31-35)45-20-10-12-28-51-45/h3-31H,1-2H3. The number of hydrogen-bond acceptors (Lipinski definition) is 3. The first-order chi connectivity index (χ1) is 25.5. The molecule has 0 aliphatic heterocycles. The van der Waals surface area contributed by atoms with Crippen molar-refractivity contribution in [1.29, 1.82) is 0 Å². The summed E-state index contributed by atoms with van der Waals surface area (Å²) in [5.41, 5.74) is 18.2. The fraction of sp³-hybridized carbons (Fsp3) is 0.0816. The van der Waals surface area contributed by atoms with Crippen LogP contribution in [0.15, 0.2) is 176 Å². The zero-order chi connectivity index (χ0) is 34.9. The quantitative estimate of drug-likeness (QED) is 0.188. The lowest BCUT2D eigenvalue weighted by Crippen LogP contribution is -2.40. The lowest BCUT2D eigenvalue weighted by Gasteiger charge is -2.46. The third-order valence-electron chi connectivity index (χ3n) is 11.3. The van der Waals surface area contributed by atoms with Crippen LogP contribution in [0, 0.1) is 0 Å². The van der Waals surface area contributed by atoms with E-state index in [4.69, 9.17) is 4.98 Å². The van der Waals surface area contributed by atoms with Crippen LogP contribution in [0.1, 0.15) is 47.2 Å². The van der Waals surface area contributed by atoms with Gasteiger partial charge in [0.2, 0.25) is 0 Å². The molecule has 3 nitrogen and oxygen atoms in total. The van der Waals surface area contributed by atoms with Gasteiger partial charge < -0.3 is 0 Å². The van der Waals surface area contributed by atoms with Crippen molar-refractivity contribution in [2.75, 3.05) is 0 Å². The van der Waals surface area contributed by atoms with Crippen LogP contribution in [0.25, 0.3) is 56.2 Å². The highest BCUT2D eigenvalue weighted by molar-refractivity contribution is 5.89. The Labute approximate surface area is 304 Å². The molecule has 0 radical (unpaired) electrons. The second-order valence-corrected chi connectivity index (χ2v) is 14.4. The van der Waals surface area contributed by atoms with Crippen molar-refractivity contribution in [2.45, 2.75) is 24.7 Å². The van der Waals surface area contributed by atoms with Crippen LogP contribution in [-0.4, -0.2) is 15.0 Å². The molecule has 0 atom stereocenters. The molecule has 0 saturated heterocycles. The molecule has 246 valence electrons. The molecular formula is C49H35N3. The van der Waals surface area contributed by atoms with Crippen LogP contribution in [0.3, 0.4) is 0 Å². The average molecular weight is 666 g/mol. The Morgan fingerprint density at radius 1 is 0.346 bits per heavy atom. The zero-order valence-electron chi connectivity index (χ0n) is 29.1. The van der Waals surface area contributed by atoms with E-state index in [1.807, 2.05) is 48.8 Å². The Bertz CT molecular complexity index is 2540. The molecular weight excluding hydrogens is 631 g/mol. The van der Waals surface area contributed by atoms with Gasteiger partial charge in [-0.3, -0.25) is 9.97 Å². The minimum Gasteiger partial charge on any atom is -0.255 e. The molecule has 0 bridgehead atoms. The summed E-state index contributed by atoms with van der Waals surface area (Å²) in [4.78, 5) is 14.2. The maximum Gasteiger partial charge on any atom is 0.0900 e. The fourth-order valence-corrected chi connectivity index (χ4v) is 8.88. The van der Waals surface area contributed by atoms with Crippen LogP contribution in [0.5, 0.6) is 0 Å². The van der Waals surface area contributed by atoms with Gasteiger partial charge in [-0.25, -0.2) is 4.98 Å². The van der Waals surface area contributed by atoms with Crippen molar-refractivity contribution in [3.63, 3.8) is 0 Å². The molecule has 2 aliphatic rings. The number of hydrogen-bond donors (Lipinski definition) is 0. The molecule has 0 N–H and O–H groups in total. The molecule has 3 heteroatoms. The third kappa shape index (κ3) is 4.42. The van der Waals surface area contributed by atoms with E-state index in [0.717, 1.165) is 33.9 Å². The van der Waals surface area contributed by atoms with Crippen LogP contribution in [-0.2, 0) is 10.8 Å². The lowest BCUT2D eigenvalue weighted by molar-refractivity contribution is 0.563. The molecule has 1 spiro atoms. The Morgan fingerprint density at radius 2 is 0.808 bits per heavy atom.